The average Bonchev–Trinajstić information content (AvgIpc) is 3.31. The van der Waals surface area contributed by atoms with Gasteiger partial charge in [0.25, 0.3) is 5.91 Å². The maximum Gasteiger partial charge on any atom is 0.256 e. The van der Waals surface area contributed by atoms with E-state index in [4.69, 9.17) is 4.52 Å². The minimum Gasteiger partial charge on any atom is -0.353 e. The van der Waals surface area contributed by atoms with Crippen LogP contribution in [-0.2, 0) is 19.6 Å². The second-order valence-electron chi connectivity index (χ2n) is 9.99. The number of nitrogens with zero attached hydrogens (tertiary/aromatic N) is 6. The van der Waals surface area contributed by atoms with Gasteiger partial charge in [0.15, 0.2) is 0 Å². The summed E-state index contributed by atoms with van der Waals surface area (Å²) < 4.78 is 30.2. The van der Waals surface area contributed by atoms with E-state index in [0.717, 1.165) is 5.56 Å². The molecule has 1 aromatic heterocycles. The summed E-state index contributed by atoms with van der Waals surface area (Å²) in [7, 11) is -1.61. The van der Waals surface area contributed by atoms with Crippen LogP contribution < -0.4 is 15.5 Å². The Morgan fingerprint density at radius 1 is 1.07 bits per heavy atom. The third-order valence-corrected chi connectivity index (χ3v) is 7.77. The summed E-state index contributed by atoms with van der Waals surface area (Å²) in [4.78, 5) is 32.4. The van der Waals surface area contributed by atoms with Crippen molar-refractivity contribution in [1.82, 2.24) is 35.1 Å². The van der Waals surface area contributed by atoms with Crippen LogP contribution in [0.4, 0.5) is 5.69 Å². The Kier molecular flexibility index (Phi) is 14.5. The molecule has 16 heteroatoms. The summed E-state index contributed by atoms with van der Waals surface area (Å²) in [6.45, 7) is 10.1. The molecule has 0 unspecified atom stereocenters. The molecule has 1 aliphatic rings. The lowest BCUT2D eigenvalue weighted by Crippen LogP contribution is -2.56. The van der Waals surface area contributed by atoms with Crippen LogP contribution in [-0.4, -0.2) is 116 Å². The normalized spacial score (nSPS) is 14.2. The number of halogens is 2. The van der Waals surface area contributed by atoms with Gasteiger partial charge in [-0.15, -0.1) is 24.8 Å². The predicted molar refractivity (Wildman–Crippen MR) is 163 cm³/mol. The number of hydrogen-bond acceptors (Lipinski definition) is 10. The lowest BCUT2D eigenvalue weighted by atomic mass is 10.1. The number of aromatic nitrogens is 2. The molecule has 1 saturated heterocycles. The molecule has 0 radical (unpaired) electrons. The van der Waals surface area contributed by atoms with Crippen molar-refractivity contribution in [1.29, 1.82) is 0 Å². The Labute approximate surface area is 254 Å². The van der Waals surface area contributed by atoms with Crippen LogP contribution in [0.15, 0.2) is 22.7 Å². The van der Waals surface area contributed by atoms with Gasteiger partial charge in [-0.25, -0.2) is 13.4 Å². The molecule has 41 heavy (non-hydrogen) atoms. The molecule has 232 valence electrons. The number of aryl methyl sites for hydroxylation is 2. The van der Waals surface area contributed by atoms with Crippen molar-refractivity contribution in [2.45, 2.75) is 33.7 Å². The number of amides is 2. The molecule has 13 nitrogen and oxygen atoms in total. The number of likely N-dealkylation sites (N-methyl/N-ethyl adjacent to an activating group) is 1. The first-order chi connectivity index (χ1) is 18.3. The fourth-order valence-corrected chi connectivity index (χ4v) is 5.08. The van der Waals surface area contributed by atoms with Crippen molar-refractivity contribution in [2.75, 3.05) is 70.6 Å². The molecular weight excluding hydrogens is 595 g/mol. The Balaban J connectivity index is 0.00000420. The highest BCUT2D eigenvalue weighted by Crippen LogP contribution is 2.27. The summed E-state index contributed by atoms with van der Waals surface area (Å²) in [5, 5.41) is 13.5. The molecule has 1 aliphatic heterocycles. The van der Waals surface area contributed by atoms with E-state index >= 15 is 0 Å². The quantitative estimate of drug-likeness (QED) is 0.325. The van der Waals surface area contributed by atoms with Gasteiger partial charge < -0.3 is 20.1 Å². The monoisotopic (exact) mass is 636 g/mol. The molecule has 0 aliphatic carbocycles. The number of nitrogens with one attached hydrogen (secondary N) is 2. The number of carbonyl (C=O) groups excluding carboxylic acids is 2. The van der Waals surface area contributed by atoms with Crippen LogP contribution in [0.5, 0.6) is 0 Å². The van der Waals surface area contributed by atoms with Crippen molar-refractivity contribution in [3.63, 3.8) is 0 Å². The van der Waals surface area contributed by atoms with Crippen LogP contribution in [0.2, 0.25) is 0 Å². The molecule has 3 rings (SSSR count). The number of carbonyl (C=O) groups is 2. The van der Waals surface area contributed by atoms with Crippen molar-refractivity contribution in [3.8, 4) is 11.4 Å². The van der Waals surface area contributed by atoms with E-state index < -0.39 is 10.0 Å². The zero-order valence-electron chi connectivity index (χ0n) is 24.4. The molecule has 0 spiro atoms. The van der Waals surface area contributed by atoms with E-state index in [-0.39, 0.29) is 49.7 Å². The molecule has 2 heterocycles. The van der Waals surface area contributed by atoms with Crippen LogP contribution >= 0.6 is 24.8 Å². The predicted octanol–water partition coefficient (Wildman–Crippen LogP) is 1.07. The molecule has 0 bridgehead atoms. The number of hydrogen-bond donors (Lipinski definition) is 2. The molecular formula is C25H42Cl2N8O5S. The molecule has 0 saturated carbocycles. The highest BCUT2D eigenvalue weighted by Gasteiger charge is 2.28. The van der Waals surface area contributed by atoms with Gasteiger partial charge in [-0.05, 0) is 18.6 Å². The van der Waals surface area contributed by atoms with Crippen LogP contribution in [0, 0.1) is 13.8 Å². The first-order valence-corrected chi connectivity index (χ1v) is 14.8. The van der Waals surface area contributed by atoms with E-state index in [1.807, 2.05) is 44.0 Å². The number of rotatable bonds is 12. The summed E-state index contributed by atoms with van der Waals surface area (Å²) in [6.07, 6.45) is 1.19. The fourth-order valence-electron chi connectivity index (χ4n) is 4.26. The first kappa shape index (κ1) is 36.5. The molecule has 2 amide bonds. The Morgan fingerprint density at radius 3 is 2.29 bits per heavy atom. The minimum absolute atomic E-state index is 0. The molecule has 1 aromatic carbocycles. The highest BCUT2D eigenvalue weighted by molar-refractivity contribution is 7.88. The van der Waals surface area contributed by atoms with E-state index in [0.29, 0.717) is 68.3 Å². The van der Waals surface area contributed by atoms with Crippen LogP contribution in [0.25, 0.3) is 11.4 Å². The highest BCUT2D eigenvalue weighted by atomic mass is 35.5. The molecule has 2 aromatic rings. The van der Waals surface area contributed by atoms with Crippen LogP contribution in [0.3, 0.4) is 0 Å². The number of hydrazine groups is 1. The Hall–Kier alpha value is -2.49. The Bertz CT molecular complexity index is 1250. The first-order valence-electron chi connectivity index (χ1n) is 13.0. The number of sulfonamides is 1. The molecule has 0 atom stereocenters. The van der Waals surface area contributed by atoms with Gasteiger partial charge >= 0.3 is 0 Å². The van der Waals surface area contributed by atoms with Gasteiger partial charge in [-0.2, -0.15) is 9.29 Å². The lowest BCUT2D eigenvalue weighted by Gasteiger charge is -2.39. The number of anilines is 1. The SMILES string of the molecule is Cc1nc(-c2ccc(C)c(N(CC(=O)NCCNC(C)C)CC(=O)N(C)N3CCN(S(C)(=O)=O)CC3)c2)no1.Cl.Cl. The topological polar surface area (TPSA) is 144 Å². The molecule has 2 N–H and O–H groups in total. The van der Waals surface area contributed by atoms with Crippen LogP contribution in [0.1, 0.15) is 25.3 Å². The summed E-state index contributed by atoms with van der Waals surface area (Å²) in [5.74, 6) is 0.423. The van der Waals surface area contributed by atoms with Crippen molar-refractivity contribution in [2.24, 2.45) is 0 Å². The second kappa shape index (κ2) is 16.2. The van der Waals surface area contributed by atoms with Gasteiger partial charge in [0.1, 0.15) is 0 Å². The van der Waals surface area contributed by atoms with Gasteiger partial charge in [-0.3, -0.25) is 14.6 Å². The number of piperazine rings is 1. The summed E-state index contributed by atoms with van der Waals surface area (Å²) in [6, 6.07) is 5.93. The smallest absolute Gasteiger partial charge is 0.256 e. The van der Waals surface area contributed by atoms with Crippen molar-refractivity contribution >= 4 is 52.3 Å². The zero-order valence-corrected chi connectivity index (χ0v) is 26.9. The summed E-state index contributed by atoms with van der Waals surface area (Å²) >= 11 is 0. The van der Waals surface area contributed by atoms with Crippen molar-refractivity contribution in [3.05, 3.63) is 29.7 Å². The van der Waals surface area contributed by atoms with Crippen molar-refractivity contribution < 1.29 is 22.5 Å². The van der Waals surface area contributed by atoms with E-state index in [2.05, 4.69) is 20.8 Å². The van der Waals surface area contributed by atoms with Gasteiger partial charge in [0, 0.05) is 70.5 Å². The number of benzene rings is 1. The van der Waals surface area contributed by atoms with E-state index in [1.165, 1.54) is 15.6 Å². The van der Waals surface area contributed by atoms with E-state index in [1.54, 1.807) is 18.9 Å². The largest absolute Gasteiger partial charge is 0.353 e. The van der Waals surface area contributed by atoms with Gasteiger partial charge in [-0.1, -0.05) is 31.1 Å². The third-order valence-electron chi connectivity index (χ3n) is 6.47. The zero-order chi connectivity index (χ0) is 28.7. The fraction of sp³-hybridized carbons (Fsp3) is 0.600. The summed E-state index contributed by atoms with van der Waals surface area (Å²) in [5.41, 5.74) is 2.29. The lowest BCUT2D eigenvalue weighted by molar-refractivity contribution is -0.146. The maximum absolute atomic E-state index is 13.4. The third kappa shape index (κ3) is 10.7. The average molecular weight is 638 g/mol. The molecule has 1 fully saturated rings. The Morgan fingerprint density at radius 2 is 1.73 bits per heavy atom. The standard InChI is InChI=1S/C25H40N8O5S.2ClH/c1-18(2)26-9-10-27-23(34)16-31(22-15-21(8-7-19(22)3)25-28-20(4)38-29-25)17-24(35)30(5)32-11-13-33(14-12-32)39(6,36)37;;/h7-8,15,18,26H,9-14,16-17H2,1-6H3,(H,27,34);2*1H. The van der Waals surface area contributed by atoms with E-state index in [9.17, 15) is 18.0 Å². The van der Waals surface area contributed by atoms with Gasteiger partial charge in [0.05, 0.1) is 19.3 Å². The minimum atomic E-state index is -3.28. The second-order valence-corrected chi connectivity index (χ2v) is 12.0. The maximum atomic E-state index is 13.4. The van der Waals surface area contributed by atoms with Gasteiger partial charge in [0.2, 0.25) is 27.6 Å².